The topological polar surface area (TPSA) is 58.6 Å². The van der Waals surface area contributed by atoms with Crippen LogP contribution in [0.1, 0.15) is 12.0 Å². The lowest BCUT2D eigenvalue weighted by Crippen LogP contribution is -2.32. The molecule has 102 valence electrons. The first-order valence-corrected chi connectivity index (χ1v) is 6.64. The molecule has 1 aliphatic heterocycles. The number of halogens is 1. The first-order valence-electron chi connectivity index (χ1n) is 5.85. The number of benzene rings is 1. The number of aryl methyl sites for hydroxylation is 1. The van der Waals surface area contributed by atoms with Crippen LogP contribution in [0, 0.1) is 6.92 Å². The van der Waals surface area contributed by atoms with Gasteiger partial charge < -0.3 is 10.1 Å². The lowest BCUT2D eigenvalue weighted by molar-refractivity contribution is -0.136. The standard InChI is InChI=1S/C13H15BrN2O3/c1-7-4-8(14)5-10(19-3)12(7)15-9-6-11(17)16(2)13(9)18/h4-5,9,15H,6H2,1-3H3. The Balaban J connectivity index is 2.29. The van der Waals surface area contributed by atoms with Crippen molar-refractivity contribution >= 4 is 33.4 Å². The minimum Gasteiger partial charge on any atom is -0.495 e. The molecule has 5 nitrogen and oxygen atoms in total. The van der Waals surface area contributed by atoms with Gasteiger partial charge in [-0.05, 0) is 24.6 Å². The molecular formula is C13H15BrN2O3. The Labute approximate surface area is 120 Å². The minimum atomic E-state index is -0.522. The molecule has 1 unspecified atom stereocenters. The number of nitrogens with zero attached hydrogens (tertiary/aromatic N) is 1. The molecule has 1 heterocycles. The fourth-order valence-electron chi connectivity index (χ4n) is 2.10. The molecule has 1 aromatic rings. The van der Waals surface area contributed by atoms with E-state index in [1.807, 2.05) is 19.1 Å². The van der Waals surface area contributed by atoms with E-state index in [4.69, 9.17) is 4.74 Å². The van der Waals surface area contributed by atoms with Crippen molar-refractivity contribution in [1.29, 1.82) is 0 Å². The number of anilines is 1. The lowest BCUT2D eigenvalue weighted by Gasteiger charge is -2.18. The molecule has 0 aromatic heterocycles. The fraction of sp³-hybridized carbons (Fsp3) is 0.385. The number of likely N-dealkylation sites (N-methyl/N-ethyl adjacent to an activating group) is 1. The maximum atomic E-state index is 11.9. The van der Waals surface area contributed by atoms with E-state index in [0.717, 1.165) is 20.6 Å². The van der Waals surface area contributed by atoms with Gasteiger partial charge in [0.2, 0.25) is 5.91 Å². The summed E-state index contributed by atoms with van der Waals surface area (Å²) in [6.45, 7) is 1.92. The van der Waals surface area contributed by atoms with Crippen molar-refractivity contribution in [2.45, 2.75) is 19.4 Å². The summed E-state index contributed by atoms with van der Waals surface area (Å²) in [4.78, 5) is 24.5. The maximum Gasteiger partial charge on any atom is 0.251 e. The smallest absolute Gasteiger partial charge is 0.251 e. The largest absolute Gasteiger partial charge is 0.495 e. The summed E-state index contributed by atoms with van der Waals surface area (Å²) >= 11 is 3.39. The molecule has 1 aliphatic rings. The predicted molar refractivity (Wildman–Crippen MR) is 75.2 cm³/mol. The number of methoxy groups -OCH3 is 1. The summed E-state index contributed by atoms with van der Waals surface area (Å²) in [5.41, 5.74) is 1.69. The van der Waals surface area contributed by atoms with Crippen LogP contribution in [0.15, 0.2) is 16.6 Å². The maximum absolute atomic E-state index is 11.9. The third kappa shape index (κ3) is 2.58. The highest BCUT2D eigenvalue weighted by Crippen LogP contribution is 2.33. The van der Waals surface area contributed by atoms with Gasteiger partial charge in [-0.25, -0.2) is 0 Å². The highest BCUT2D eigenvalue weighted by atomic mass is 79.9. The zero-order chi connectivity index (χ0) is 14.2. The first kappa shape index (κ1) is 13.9. The molecule has 1 N–H and O–H groups in total. The van der Waals surface area contributed by atoms with Crippen molar-refractivity contribution < 1.29 is 14.3 Å². The van der Waals surface area contributed by atoms with E-state index in [0.29, 0.717) is 5.75 Å². The average Bonchev–Trinajstić information content (AvgIpc) is 2.60. The third-order valence-electron chi connectivity index (χ3n) is 3.18. The van der Waals surface area contributed by atoms with Gasteiger partial charge >= 0.3 is 0 Å². The SMILES string of the molecule is COc1cc(Br)cc(C)c1NC1CC(=O)N(C)C1=O. The van der Waals surface area contributed by atoms with Crippen molar-refractivity contribution in [2.75, 3.05) is 19.5 Å². The molecule has 1 fully saturated rings. The van der Waals surface area contributed by atoms with Gasteiger partial charge in [0.1, 0.15) is 11.8 Å². The quantitative estimate of drug-likeness (QED) is 0.862. The van der Waals surface area contributed by atoms with Gasteiger partial charge in [0.15, 0.2) is 0 Å². The van der Waals surface area contributed by atoms with Crippen molar-refractivity contribution in [1.82, 2.24) is 4.90 Å². The highest BCUT2D eigenvalue weighted by Gasteiger charge is 2.36. The molecule has 0 bridgehead atoms. The number of rotatable bonds is 3. The zero-order valence-corrected chi connectivity index (χ0v) is 12.6. The summed E-state index contributed by atoms with van der Waals surface area (Å²) in [5.74, 6) is 0.257. The Bertz CT molecular complexity index is 545. The molecule has 2 amide bonds. The highest BCUT2D eigenvalue weighted by molar-refractivity contribution is 9.10. The van der Waals surface area contributed by atoms with Crippen LogP contribution in [-0.2, 0) is 9.59 Å². The number of carbonyl (C=O) groups excluding carboxylic acids is 2. The van der Waals surface area contributed by atoms with E-state index in [9.17, 15) is 9.59 Å². The van der Waals surface area contributed by atoms with Crippen LogP contribution in [0.25, 0.3) is 0 Å². The molecule has 19 heavy (non-hydrogen) atoms. The number of ether oxygens (including phenoxy) is 1. The monoisotopic (exact) mass is 326 g/mol. The van der Waals surface area contributed by atoms with E-state index in [1.54, 1.807) is 7.11 Å². The first-order chi connectivity index (χ1) is 8.93. The second-order valence-corrected chi connectivity index (χ2v) is 5.41. The lowest BCUT2D eigenvalue weighted by atomic mass is 10.1. The molecule has 1 saturated heterocycles. The number of likely N-dealkylation sites (tertiary alicyclic amines) is 1. The van der Waals surface area contributed by atoms with Crippen LogP contribution in [0.4, 0.5) is 5.69 Å². The van der Waals surface area contributed by atoms with E-state index >= 15 is 0 Å². The number of nitrogens with one attached hydrogen (secondary N) is 1. The molecular weight excluding hydrogens is 312 g/mol. The molecule has 1 atom stereocenters. The van der Waals surface area contributed by atoms with Crippen LogP contribution < -0.4 is 10.1 Å². The number of amides is 2. The number of imide groups is 1. The normalized spacial score (nSPS) is 18.9. The summed E-state index contributed by atoms with van der Waals surface area (Å²) in [6.07, 6.45) is 0.175. The Hall–Kier alpha value is -1.56. The predicted octanol–water partition coefficient (Wildman–Crippen LogP) is 1.94. The number of carbonyl (C=O) groups is 2. The van der Waals surface area contributed by atoms with Gasteiger partial charge in [0.25, 0.3) is 5.91 Å². The average molecular weight is 327 g/mol. The van der Waals surface area contributed by atoms with Gasteiger partial charge in [0, 0.05) is 11.5 Å². The summed E-state index contributed by atoms with van der Waals surface area (Å²) in [6, 6.07) is 3.22. The Morgan fingerprint density at radius 1 is 1.42 bits per heavy atom. The zero-order valence-electron chi connectivity index (χ0n) is 11.0. The summed E-state index contributed by atoms with van der Waals surface area (Å²) in [5, 5.41) is 3.11. The fourth-order valence-corrected chi connectivity index (χ4v) is 2.65. The third-order valence-corrected chi connectivity index (χ3v) is 3.64. The van der Waals surface area contributed by atoms with Crippen molar-refractivity contribution in [3.63, 3.8) is 0 Å². The molecule has 6 heteroatoms. The molecule has 2 rings (SSSR count). The minimum absolute atomic E-state index is 0.170. The molecule has 0 saturated carbocycles. The Kier molecular flexibility index (Phi) is 3.80. The van der Waals surface area contributed by atoms with Gasteiger partial charge in [-0.1, -0.05) is 15.9 Å². The molecule has 0 spiro atoms. The Morgan fingerprint density at radius 2 is 2.11 bits per heavy atom. The van der Waals surface area contributed by atoms with Gasteiger partial charge in [-0.2, -0.15) is 0 Å². The van der Waals surface area contributed by atoms with E-state index in [-0.39, 0.29) is 18.2 Å². The molecule has 0 aliphatic carbocycles. The van der Waals surface area contributed by atoms with Gasteiger partial charge in [-0.15, -0.1) is 0 Å². The Morgan fingerprint density at radius 3 is 2.63 bits per heavy atom. The summed E-state index contributed by atoms with van der Waals surface area (Å²) < 4.78 is 6.21. The summed E-state index contributed by atoms with van der Waals surface area (Å²) in [7, 11) is 3.07. The second-order valence-electron chi connectivity index (χ2n) is 4.49. The number of hydrogen-bond donors (Lipinski definition) is 1. The van der Waals surface area contributed by atoms with Gasteiger partial charge in [-0.3, -0.25) is 14.5 Å². The van der Waals surface area contributed by atoms with E-state index in [2.05, 4.69) is 21.2 Å². The molecule has 0 radical (unpaired) electrons. The number of hydrogen-bond acceptors (Lipinski definition) is 4. The van der Waals surface area contributed by atoms with E-state index in [1.165, 1.54) is 7.05 Å². The van der Waals surface area contributed by atoms with Crippen LogP contribution in [-0.4, -0.2) is 36.9 Å². The van der Waals surface area contributed by atoms with Crippen LogP contribution >= 0.6 is 15.9 Å². The van der Waals surface area contributed by atoms with Crippen LogP contribution in [0.3, 0.4) is 0 Å². The van der Waals surface area contributed by atoms with Crippen molar-refractivity contribution in [3.8, 4) is 5.75 Å². The van der Waals surface area contributed by atoms with Crippen molar-refractivity contribution in [2.24, 2.45) is 0 Å². The van der Waals surface area contributed by atoms with Crippen molar-refractivity contribution in [3.05, 3.63) is 22.2 Å². The van der Waals surface area contributed by atoms with Gasteiger partial charge in [0.05, 0.1) is 19.2 Å². The van der Waals surface area contributed by atoms with Crippen LogP contribution in [0.5, 0.6) is 5.75 Å². The second kappa shape index (κ2) is 5.21. The molecule has 1 aromatic carbocycles. The van der Waals surface area contributed by atoms with E-state index < -0.39 is 6.04 Å². The van der Waals surface area contributed by atoms with Crippen LogP contribution in [0.2, 0.25) is 0 Å².